The van der Waals surface area contributed by atoms with E-state index in [1.54, 1.807) is 12.5 Å². The number of benzene rings is 1. The molecule has 1 heterocycles. The number of nitrogens with two attached hydrogens (primary N) is 1. The molecule has 18 heavy (non-hydrogen) atoms. The molecule has 5 heteroatoms. The van der Waals surface area contributed by atoms with E-state index in [1.807, 2.05) is 35.0 Å². The van der Waals surface area contributed by atoms with Crippen LogP contribution in [0.25, 0.3) is 0 Å². The number of rotatable bonds is 6. The minimum atomic E-state index is -0.361. The molecule has 0 fully saturated rings. The third-order valence-electron chi connectivity index (χ3n) is 2.50. The fraction of sp³-hybridized carbons (Fsp3) is 0.231. The van der Waals surface area contributed by atoms with Gasteiger partial charge in [-0.3, -0.25) is 4.79 Å². The molecule has 0 aliphatic heterocycles. The van der Waals surface area contributed by atoms with E-state index in [2.05, 4.69) is 4.98 Å². The average Bonchev–Trinajstić information content (AvgIpc) is 2.84. The normalized spacial score (nSPS) is 10.2. The zero-order valence-electron chi connectivity index (χ0n) is 9.95. The molecule has 2 N–H and O–H groups in total. The van der Waals surface area contributed by atoms with Gasteiger partial charge in [0.25, 0.3) is 0 Å². The second-order valence-corrected chi connectivity index (χ2v) is 3.90. The number of para-hydroxylation sites is 1. The maximum atomic E-state index is 10.9. The molecule has 0 radical (unpaired) electrons. The lowest BCUT2D eigenvalue weighted by molar-refractivity contribution is -0.117. The molecular formula is C13H15N3O2. The van der Waals surface area contributed by atoms with E-state index in [1.165, 1.54) is 0 Å². The maximum absolute atomic E-state index is 10.9. The van der Waals surface area contributed by atoms with Crippen LogP contribution >= 0.6 is 0 Å². The van der Waals surface area contributed by atoms with Crippen molar-refractivity contribution >= 4 is 5.91 Å². The smallest absolute Gasteiger partial charge is 0.221 e. The summed E-state index contributed by atoms with van der Waals surface area (Å²) in [6.45, 7) is 1.23. The highest BCUT2D eigenvalue weighted by Crippen LogP contribution is 2.18. The van der Waals surface area contributed by atoms with Crippen molar-refractivity contribution in [2.24, 2.45) is 5.73 Å². The lowest BCUT2D eigenvalue weighted by Crippen LogP contribution is -2.15. The lowest BCUT2D eigenvalue weighted by atomic mass is 10.1. The number of nitrogens with zero attached hydrogens (tertiary/aromatic N) is 2. The van der Waals surface area contributed by atoms with Gasteiger partial charge in [-0.05, 0) is 6.07 Å². The summed E-state index contributed by atoms with van der Waals surface area (Å²) in [6, 6.07) is 7.42. The molecule has 2 rings (SSSR count). The molecule has 0 unspecified atom stereocenters. The Kier molecular flexibility index (Phi) is 3.96. The fourth-order valence-corrected chi connectivity index (χ4v) is 1.66. The van der Waals surface area contributed by atoms with Crippen LogP contribution in [0.15, 0.2) is 43.0 Å². The van der Waals surface area contributed by atoms with Crippen molar-refractivity contribution in [2.45, 2.75) is 13.0 Å². The summed E-state index contributed by atoms with van der Waals surface area (Å²) in [5.74, 6) is 0.345. The molecule has 5 nitrogen and oxygen atoms in total. The van der Waals surface area contributed by atoms with E-state index in [4.69, 9.17) is 10.5 Å². The number of amides is 1. The van der Waals surface area contributed by atoms with Crippen molar-refractivity contribution in [1.82, 2.24) is 9.55 Å². The Morgan fingerprint density at radius 2 is 2.22 bits per heavy atom. The van der Waals surface area contributed by atoms with Crippen LogP contribution in [0.4, 0.5) is 0 Å². The highest BCUT2D eigenvalue weighted by atomic mass is 16.5. The Labute approximate surface area is 105 Å². The zero-order valence-corrected chi connectivity index (χ0v) is 9.95. The van der Waals surface area contributed by atoms with Crippen molar-refractivity contribution in [1.29, 1.82) is 0 Å². The summed E-state index contributed by atoms with van der Waals surface area (Å²) < 4.78 is 7.58. The molecule has 0 aliphatic carbocycles. The summed E-state index contributed by atoms with van der Waals surface area (Å²) in [5.41, 5.74) is 6.01. The van der Waals surface area contributed by atoms with Crippen LogP contribution in [-0.2, 0) is 17.8 Å². The molecule has 0 saturated carbocycles. The topological polar surface area (TPSA) is 70.1 Å². The van der Waals surface area contributed by atoms with Crippen LogP contribution < -0.4 is 10.5 Å². The first kappa shape index (κ1) is 12.2. The summed E-state index contributed by atoms with van der Waals surface area (Å²) in [4.78, 5) is 14.9. The Morgan fingerprint density at radius 3 is 2.94 bits per heavy atom. The van der Waals surface area contributed by atoms with Crippen LogP contribution in [0.1, 0.15) is 5.56 Å². The summed E-state index contributed by atoms with van der Waals surface area (Å²) in [6.07, 6.45) is 5.53. The summed E-state index contributed by atoms with van der Waals surface area (Å²) >= 11 is 0. The number of carbonyl (C=O) groups excluding carboxylic acids is 1. The van der Waals surface area contributed by atoms with Crippen molar-refractivity contribution < 1.29 is 9.53 Å². The van der Waals surface area contributed by atoms with Gasteiger partial charge >= 0.3 is 0 Å². The largest absolute Gasteiger partial charge is 0.491 e. The van der Waals surface area contributed by atoms with Crippen LogP contribution in [0.3, 0.4) is 0 Å². The van der Waals surface area contributed by atoms with Gasteiger partial charge in [0.15, 0.2) is 0 Å². The zero-order chi connectivity index (χ0) is 12.8. The van der Waals surface area contributed by atoms with E-state index in [0.717, 1.165) is 5.56 Å². The van der Waals surface area contributed by atoms with Crippen LogP contribution in [0.5, 0.6) is 5.75 Å². The highest BCUT2D eigenvalue weighted by Gasteiger charge is 2.05. The molecule has 1 aromatic carbocycles. The molecule has 1 amide bonds. The van der Waals surface area contributed by atoms with E-state index in [9.17, 15) is 4.79 Å². The SMILES string of the molecule is NC(=O)Cc1ccccc1OCCn1ccnc1. The molecular weight excluding hydrogens is 230 g/mol. The molecule has 0 atom stereocenters. The number of ether oxygens (including phenoxy) is 1. The molecule has 0 aliphatic rings. The number of hydrogen-bond donors (Lipinski definition) is 1. The van der Waals surface area contributed by atoms with Gasteiger partial charge in [0.2, 0.25) is 5.91 Å². The maximum Gasteiger partial charge on any atom is 0.221 e. The van der Waals surface area contributed by atoms with Gasteiger partial charge in [0.05, 0.1) is 19.3 Å². The first-order chi connectivity index (χ1) is 8.75. The lowest BCUT2D eigenvalue weighted by Gasteiger charge is -2.10. The minimum absolute atomic E-state index is 0.196. The van der Waals surface area contributed by atoms with Crippen LogP contribution in [0, 0.1) is 0 Å². The third-order valence-corrected chi connectivity index (χ3v) is 2.50. The van der Waals surface area contributed by atoms with Gasteiger partial charge < -0.3 is 15.0 Å². The Bertz CT molecular complexity index is 509. The predicted octanol–water partition coefficient (Wildman–Crippen LogP) is 0.990. The number of carbonyl (C=O) groups is 1. The van der Waals surface area contributed by atoms with E-state index < -0.39 is 0 Å². The van der Waals surface area contributed by atoms with Gasteiger partial charge in [-0.15, -0.1) is 0 Å². The van der Waals surface area contributed by atoms with Crippen molar-refractivity contribution in [3.63, 3.8) is 0 Å². The second kappa shape index (κ2) is 5.86. The number of hydrogen-bond acceptors (Lipinski definition) is 3. The van der Waals surface area contributed by atoms with Gasteiger partial charge in [0.1, 0.15) is 12.4 Å². The standard InChI is InChI=1S/C13H15N3O2/c14-13(17)9-11-3-1-2-4-12(11)18-8-7-16-6-5-15-10-16/h1-6,10H,7-9H2,(H2,14,17). The van der Waals surface area contributed by atoms with Crippen molar-refractivity contribution in [2.75, 3.05) is 6.61 Å². The van der Waals surface area contributed by atoms with Crippen molar-refractivity contribution in [3.05, 3.63) is 48.5 Å². The second-order valence-electron chi connectivity index (χ2n) is 3.90. The first-order valence-electron chi connectivity index (χ1n) is 5.70. The quantitative estimate of drug-likeness (QED) is 0.825. The molecule has 94 valence electrons. The predicted molar refractivity (Wildman–Crippen MR) is 67.1 cm³/mol. The molecule has 1 aromatic heterocycles. The van der Waals surface area contributed by atoms with Gasteiger partial charge in [0, 0.05) is 18.0 Å². The van der Waals surface area contributed by atoms with Gasteiger partial charge in [-0.1, -0.05) is 18.2 Å². The molecule has 0 saturated heterocycles. The number of imidazole rings is 1. The third kappa shape index (κ3) is 3.35. The van der Waals surface area contributed by atoms with Gasteiger partial charge in [-0.2, -0.15) is 0 Å². The Morgan fingerprint density at radius 1 is 1.39 bits per heavy atom. The van der Waals surface area contributed by atoms with Crippen LogP contribution in [0.2, 0.25) is 0 Å². The van der Waals surface area contributed by atoms with Crippen molar-refractivity contribution in [3.8, 4) is 5.75 Å². The minimum Gasteiger partial charge on any atom is -0.491 e. The van der Waals surface area contributed by atoms with E-state index >= 15 is 0 Å². The average molecular weight is 245 g/mol. The first-order valence-corrected chi connectivity index (χ1v) is 5.70. The van der Waals surface area contributed by atoms with Gasteiger partial charge in [-0.25, -0.2) is 4.98 Å². The summed E-state index contributed by atoms with van der Waals surface area (Å²) in [5, 5.41) is 0. The van der Waals surface area contributed by atoms with Crippen LogP contribution in [-0.4, -0.2) is 22.1 Å². The summed E-state index contributed by atoms with van der Waals surface area (Å²) in [7, 11) is 0. The highest BCUT2D eigenvalue weighted by molar-refractivity contribution is 5.77. The Hall–Kier alpha value is -2.30. The Balaban J connectivity index is 1.94. The number of primary amides is 1. The molecule has 0 bridgehead atoms. The number of aromatic nitrogens is 2. The van der Waals surface area contributed by atoms with E-state index in [0.29, 0.717) is 18.9 Å². The molecule has 2 aromatic rings. The van der Waals surface area contributed by atoms with E-state index in [-0.39, 0.29) is 12.3 Å². The fourth-order valence-electron chi connectivity index (χ4n) is 1.66. The molecule has 0 spiro atoms. The monoisotopic (exact) mass is 245 g/mol.